The number of carboxylic acids is 2. The van der Waals surface area contributed by atoms with E-state index < -0.39 is 178 Å². The van der Waals surface area contributed by atoms with E-state index in [9.17, 15) is 104 Å². The fourth-order valence-corrected chi connectivity index (χ4v) is 6.81. The molecule has 9 unspecified atom stereocenters. The van der Waals surface area contributed by atoms with E-state index in [-0.39, 0.29) is 37.3 Å². The normalized spacial score (nSPS) is 14.6. The number of aliphatic hydroxyl groups is 5. The Labute approximate surface area is 431 Å². The number of amides is 10. The van der Waals surface area contributed by atoms with E-state index in [1.54, 1.807) is 0 Å². The zero-order valence-electron chi connectivity index (χ0n) is 42.2. The molecule has 0 spiro atoms. The largest absolute Gasteiger partial charge is 0.480 e. The van der Waals surface area contributed by atoms with Gasteiger partial charge in [-0.3, -0.25) is 58.4 Å². The number of aliphatic hydroxyl groups excluding tert-OH is 5. The molecule has 428 valence electrons. The van der Waals surface area contributed by atoms with Crippen molar-refractivity contribution in [1.82, 2.24) is 47.3 Å². The molecule has 0 fully saturated rings. The molecule has 0 aromatic heterocycles. The number of carbonyl (C=O) groups excluding carboxylic acids is 10. The SMILES string of the molecule is CCCCCCCCCC(O)CC(=O)NC(C(=O)NC(CO)C(=O)NC(CO)C(=O)NC(CCC(N)=O)C(=O)NC(CCCN(O)C(C)=O)C(=O)NC(CO)C(=O)NC(CCCN(O)C(C)=O)C(=O)O)C(O)C(=O)O. The molecule has 0 aliphatic carbocycles. The van der Waals surface area contributed by atoms with Gasteiger partial charge < -0.3 is 78.7 Å². The summed E-state index contributed by atoms with van der Waals surface area (Å²) < 4.78 is 0. The number of nitrogens with two attached hydrogens (primary N) is 1. The van der Waals surface area contributed by atoms with Crippen LogP contribution < -0.4 is 43.0 Å². The number of hydroxylamine groups is 4. The number of carbonyl (C=O) groups is 12. The molecule has 0 saturated carbocycles. The summed E-state index contributed by atoms with van der Waals surface area (Å²) >= 11 is 0. The molecular formula is C44H76N10O21. The highest BCUT2D eigenvalue weighted by atomic mass is 16.5. The number of hydrogen-bond acceptors (Lipinski definition) is 19. The Morgan fingerprint density at radius 2 is 0.840 bits per heavy atom. The van der Waals surface area contributed by atoms with Crippen molar-refractivity contribution >= 4 is 71.0 Å². The molecule has 10 amide bonds. The van der Waals surface area contributed by atoms with Crippen LogP contribution in [0.3, 0.4) is 0 Å². The van der Waals surface area contributed by atoms with E-state index >= 15 is 0 Å². The molecule has 31 heteroatoms. The number of hydrogen-bond donors (Lipinski definition) is 17. The van der Waals surface area contributed by atoms with Gasteiger partial charge in [-0.25, -0.2) is 19.7 Å². The smallest absolute Gasteiger partial charge is 0.335 e. The third kappa shape index (κ3) is 28.0. The van der Waals surface area contributed by atoms with E-state index in [0.717, 1.165) is 52.4 Å². The summed E-state index contributed by atoms with van der Waals surface area (Å²) in [5.41, 5.74) is 5.26. The second kappa shape index (κ2) is 37.1. The number of carboxylic acid groups (broad SMARTS) is 2. The van der Waals surface area contributed by atoms with E-state index in [2.05, 4.69) is 28.2 Å². The number of nitrogens with zero attached hydrogens (tertiary/aromatic N) is 2. The van der Waals surface area contributed by atoms with Crippen molar-refractivity contribution in [2.24, 2.45) is 5.73 Å². The Balaban J connectivity index is 6.27. The molecule has 0 aliphatic rings. The molecular weight excluding hydrogens is 1000 g/mol. The third-order valence-corrected chi connectivity index (χ3v) is 11.2. The summed E-state index contributed by atoms with van der Waals surface area (Å²) in [6.07, 6.45) is -0.170. The Hall–Kier alpha value is -6.64. The van der Waals surface area contributed by atoms with E-state index in [4.69, 9.17) is 5.73 Å². The first-order valence-electron chi connectivity index (χ1n) is 24.2. The fourth-order valence-electron chi connectivity index (χ4n) is 6.81. The molecule has 31 nitrogen and oxygen atoms in total. The lowest BCUT2D eigenvalue weighted by molar-refractivity contribution is -0.163. The first-order valence-corrected chi connectivity index (χ1v) is 24.2. The minimum atomic E-state index is -2.62. The van der Waals surface area contributed by atoms with Gasteiger partial charge in [0.1, 0.15) is 42.3 Å². The van der Waals surface area contributed by atoms with E-state index in [0.29, 0.717) is 11.5 Å². The van der Waals surface area contributed by atoms with Crippen molar-refractivity contribution in [1.29, 1.82) is 0 Å². The van der Waals surface area contributed by atoms with Crippen LogP contribution in [0.4, 0.5) is 0 Å². The van der Waals surface area contributed by atoms with Crippen molar-refractivity contribution in [2.45, 2.75) is 172 Å². The molecule has 18 N–H and O–H groups in total. The molecule has 0 rings (SSSR count). The van der Waals surface area contributed by atoms with Crippen LogP contribution in [0.5, 0.6) is 0 Å². The van der Waals surface area contributed by atoms with Gasteiger partial charge in [-0.05, 0) is 38.5 Å². The summed E-state index contributed by atoms with van der Waals surface area (Å²) in [5, 5.41) is 104. The van der Waals surface area contributed by atoms with Gasteiger partial charge in [-0.15, -0.1) is 0 Å². The molecule has 0 heterocycles. The number of rotatable bonds is 40. The maximum atomic E-state index is 13.8. The lowest BCUT2D eigenvalue weighted by Crippen LogP contribution is -2.62. The van der Waals surface area contributed by atoms with E-state index in [1.807, 2.05) is 16.0 Å². The first-order chi connectivity index (χ1) is 35.2. The van der Waals surface area contributed by atoms with Gasteiger partial charge in [-0.1, -0.05) is 51.9 Å². The first kappa shape index (κ1) is 68.4. The fraction of sp³-hybridized carbons (Fsp3) is 0.727. The van der Waals surface area contributed by atoms with Crippen molar-refractivity contribution in [3.05, 3.63) is 0 Å². The van der Waals surface area contributed by atoms with Gasteiger partial charge in [0, 0.05) is 33.4 Å². The Bertz CT molecular complexity index is 1910. The van der Waals surface area contributed by atoms with Crippen LogP contribution in [0.1, 0.15) is 117 Å². The Kier molecular flexibility index (Phi) is 33.9. The average Bonchev–Trinajstić information content (AvgIpc) is 3.34. The van der Waals surface area contributed by atoms with Crippen LogP contribution in [-0.4, -0.2) is 215 Å². The number of primary amides is 1. The lowest BCUT2D eigenvalue weighted by Gasteiger charge is -2.27. The maximum absolute atomic E-state index is 13.8. The minimum Gasteiger partial charge on any atom is -0.480 e. The monoisotopic (exact) mass is 1080 g/mol. The quantitative estimate of drug-likeness (QED) is 0.0154. The average molecular weight is 1080 g/mol. The molecule has 75 heavy (non-hydrogen) atoms. The molecule has 0 saturated heterocycles. The molecule has 9 atom stereocenters. The molecule has 0 aromatic carbocycles. The van der Waals surface area contributed by atoms with Gasteiger partial charge in [0.2, 0.25) is 59.1 Å². The molecule has 0 radical (unpaired) electrons. The van der Waals surface area contributed by atoms with Gasteiger partial charge in [0.05, 0.1) is 32.3 Å². The molecule has 0 aliphatic heterocycles. The lowest BCUT2D eigenvalue weighted by atomic mass is 10.0. The highest BCUT2D eigenvalue weighted by Gasteiger charge is 2.37. The minimum absolute atomic E-state index is 0.128. The van der Waals surface area contributed by atoms with Crippen molar-refractivity contribution < 1.29 is 104 Å². The summed E-state index contributed by atoms with van der Waals surface area (Å²) in [7, 11) is 0. The highest BCUT2D eigenvalue weighted by molar-refractivity contribution is 5.98. The highest BCUT2D eigenvalue weighted by Crippen LogP contribution is 2.12. The number of unbranched alkanes of at least 4 members (excludes halogenated alkanes) is 6. The maximum Gasteiger partial charge on any atom is 0.335 e. The predicted molar refractivity (Wildman–Crippen MR) is 255 cm³/mol. The van der Waals surface area contributed by atoms with Gasteiger partial charge >= 0.3 is 11.9 Å². The zero-order chi connectivity index (χ0) is 57.4. The van der Waals surface area contributed by atoms with Crippen LogP contribution in [0.15, 0.2) is 0 Å². The molecule has 0 aromatic rings. The predicted octanol–water partition coefficient (Wildman–Crippen LogP) is -5.92. The van der Waals surface area contributed by atoms with Crippen LogP contribution in [0, 0.1) is 0 Å². The van der Waals surface area contributed by atoms with Crippen molar-refractivity contribution in [3.63, 3.8) is 0 Å². The van der Waals surface area contributed by atoms with Crippen LogP contribution in [0.2, 0.25) is 0 Å². The molecule has 0 bridgehead atoms. The van der Waals surface area contributed by atoms with Gasteiger partial charge in [0.15, 0.2) is 6.10 Å². The van der Waals surface area contributed by atoms with E-state index in [1.165, 1.54) is 0 Å². The van der Waals surface area contributed by atoms with Crippen molar-refractivity contribution in [3.8, 4) is 0 Å². The summed E-state index contributed by atoms with van der Waals surface area (Å²) in [6.45, 7) is -0.301. The van der Waals surface area contributed by atoms with Gasteiger partial charge in [0.25, 0.3) is 0 Å². The number of nitrogens with one attached hydrogen (secondary N) is 7. The summed E-state index contributed by atoms with van der Waals surface area (Å²) in [6, 6.07) is -13.6. The topological polar surface area (TPSA) is 504 Å². The van der Waals surface area contributed by atoms with Crippen LogP contribution >= 0.6 is 0 Å². The van der Waals surface area contributed by atoms with Crippen molar-refractivity contribution in [2.75, 3.05) is 32.9 Å². The third-order valence-electron chi connectivity index (χ3n) is 11.2. The van der Waals surface area contributed by atoms with Crippen LogP contribution in [0.25, 0.3) is 0 Å². The Morgan fingerprint density at radius 1 is 0.467 bits per heavy atom. The van der Waals surface area contributed by atoms with Crippen LogP contribution in [-0.2, 0) is 57.5 Å². The standard InChI is InChI=1S/C44H76N10O21/c1-4-5-6-7-8-9-10-13-26(60)20-34(62)52-35(36(63)44(72)73)42(69)51-32(23-57)41(68)50-30(21-55)39(66)47-28(16-17-33(45)61)38(65)46-27(14-11-18-53(74)24(2)58)37(64)49-31(22-56)40(67)48-29(43(70)71)15-12-19-54(75)25(3)59/h26-32,35-36,55-57,60,63,74-75H,4-23H2,1-3H3,(H2,45,61)(H,46,65)(H,47,66)(H,48,67)(H,49,64)(H,50,68)(H,51,69)(H,52,62)(H,70,71)(H,72,73). The van der Waals surface area contributed by atoms with Gasteiger partial charge in [-0.2, -0.15) is 0 Å². The summed E-state index contributed by atoms with van der Waals surface area (Å²) in [5.74, 6) is -15.3. The second-order valence-corrected chi connectivity index (χ2v) is 17.4. The number of aliphatic carboxylic acids is 2. The summed E-state index contributed by atoms with van der Waals surface area (Å²) in [4.78, 5) is 151. The Morgan fingerprint density at radius 3 is 1.24 bits per heavy atom. The zero-order valence-corrected chi connectivity index (χ0v) is 42.2. The second-order valence-electron chi connectivity index (χ2n) is 17.4.